The molecule has 0 spiro atoms. The second-order valence-corrected chi connectivity index (χ2v) is 5.86. The summed E-state index contributed by atoms with van der Waals surface area (Å²) in [4.78, 5) is 12.7. The van der Waals surface area contributed by atoms with Crippen LogP contribution in [0.4, 0.5) is 0 Å². The van der Waals surface area contributed by atoms with Gasteiger partial charge in [-0.15, -0.1) is 0 Å². The van der Waals surface area contributed by atoms with Gasteiger partial charge in [-0.1, -0.05) is 67.3 Å². The topological polar surface area (TPSA) is 17.1 Å². The smallest absolute Gasteiger partial charge is 0.165 e. The molecule has 106 valence electrons. The molecule has 1 fully saturated rings. The van der Waals surface area contributed by atoms with Crippen molar-refractivity contribution in [1.82, 2.24) is 0 Å². The number of hydrogen-bond acceptors (Lipinski definition) is 1. The summed E-state index contributed by atoms with van der Waals surface area (Å²) in [6.45, 7) is 4.07. The first-order valence-corrected chi connectivity index (χ1v) is 7.63. The van der Waals surface area contributed by atoms with Crippen molar-refractivity contribution in [2.75, 3.05) is 0 Å². The van der Waals surface area contributed by atoms with Gasteiger partial charge in [-0.2, -0.15) is 0 Å². The number of hydrogen-bond donors (Lipinski definition) is 0. The third-order valence-electron chi connectivity index (χ3n) is 4.02. The lowest BCUT2D eigenvalue weighted by Gasteiger charge is -2.21. The van der Waals surface area contributed by atoms with Gasteiger partial charge in [-0.05, 0) is 32.3 Å². The van der Waals surface area contributed by atoms with E-state index in [4.69, 9.17) is 0 Å². The van der Waals surface area contributed by atoms with E-state index in [9.17, 15) is 4.79 Å². The molecule has 1 saturated carbocycles. The summed E-state index contributed by atoms with van der Waals surface area (Å²) in [5.41, 5.74) is 3.16. The normalized spacial score (nSPS) is 16.3. The Labute approximate surface area is 122 Å². The van der Waals surface area contributed by atoms with Gasteiger partial charge in [-0.25, -0.2) is 0 Å². The van der Waals surface area contributed by atoms with Crippen LogP contribution < -0.4 is 0 Å². The molecule has 0 aliphatic heterocycles. The lowest BCUT2D eigenvalue weighted by Crippen LogP contribution is -2.19. The summed E-state index contributed by atoms with van der Waals surface area (Å²) in [5, 5.41) is 0. The Kier molecular flexibility index (Phi) is 5.34. The predicted octanol–water partition coefficient (Wildman–Crippen LogP) is 5.19. The number of carbonyl (C=O) groups excluding carboxylic acids is 1. The highest BCUT2D eigenvalue weighted by Crippen LogP contribution is 2.28. The van der Waals surface area contributed by atoms with Gasteiger partial charge in [0.1, 0.15) is 0 Å². The number of allylic oxidation sites excluding steroid dienone is 3. The highest BCUT2D eigenvalue weighted by atomic mass is 16.1. The maximum Gasteiger partial charge on any atom is 0.165 e. The maximum absolute atomic E-state index is 12.7. The fraction of sp³-hybridized carbons (Fsp3) is 0.421. The quantitative estimate of drug-likeness (QED) is 0.543. The molecule has 0 unspecified atom stereocenters. The van der Waals surface area contributed by atoms with Crippen LogP contribution in [0, 0.1) is 5.92 Å². The van der Waals surface area contributed by atoms with E-state index < -0.39 is 0 Å². The summed E-state index contributed by atoms with van der Waals surface area (Å²) in [6.07, 6.45) is 9.87. The second kappa shape index (κ2) is 7.23. The van der Waals surface area contributed by atoms with Crippen molar-refractivity contribution >= 4 is 11.9 Å². The highest BCUT2D eigenvalue weighted by molar-refractivity contribution is 6.01. The van der Waals surface area contributed by atoms with E-state index in [1.165, 1.54) is 19.3 Å². The molecule has 1 nitrogen and oxygen atoms in total. The summed E-state index contributed by atoms with van der Waals surface area (Å²) in [5.74, 6) is 0.589. The first-order valence-electron chi connectivity index (χ1n) is 7.63. The van der Waals surface area contributed by atoms with Gasteiger partial charge < -0.3 is 0 Å². The molecular weight excluding hydrogens is 244 g/mol. The highest BCUT2D eigenvalue weighted by Gasteiger charge is 2.23. The number of carbonyl (C=O) groups is 1. The first-order chi connectivity index (χ1) is 9.68. The summed E-state index contributed by atoms with van der Waals surface area (Å²) in [7, 11) is 0. The molecule has 0 amide bonds. The molecular formula is C19H24O. The molecule has 0 radical (unpaired) electrons. The summed E-state index contributed by atoms with van der Waals surface area (Å²) < 4.78 is 0. The molecule has 1 aromatic rings. The third-order valence-corrected chi connectivity index (χ3v) is 4.02. The van der Waals surface area contributed by atoms with Crippen LogP contribution in [0.25, 0.3) is 6.08 Å². The van der Waals surface area contributed by atoms with Crippen molar-refractivity contribution < 1.29 is 4.79 Å². The van der Waals surface area contributed by atoms with Crippen LogP contribution >= 0.6 is 0 Å². The van der Waals surface area contributed by atoms with Gasteiger partial charge in [0.05, 0.1) is 0 Å². The number of rotatable bonds is 4. The minimum absolute atomic E-state index is 0.245. The molecule has 1 aliphatic carbocycles. The Morgan fingerprint density at radius 3 is 2.30 bits per heavy atom. The van der Waals surface area contributed by atoms with Gasteiger partial charge in [0.15, 0.2) is 5.78 Å². The fourth-order valence-electron chi connectivity index (χ4n) is 2.82. The molecule has 0 heterocycles. The Morgan fingerprint density at radius 1 is 1.05 bits per heavy atom. The molecule has 0 aromatic heterocycles. The maximum atomic E-state index is 12.7. The molecule has 20 heavy (non-hydrogen) atoms. The van der Waals surface area contributed by atoms with Crippen LogP contribution in [0.3, 0.4) is 0 Å². The number of benzene rings is 1. The Balaban J connectivity index is 2.14. The van der Waals surface area contributed by atoms with E-state index >= 15 is 0 Å². The van der Waals surface area contributed by atoms with Gasteiger partial charge >= 0.3 is 0 Å². The predicted molar refractivity (Wildman–Crippen MR) is 85.4 cm³/mol. The van der Waals surface area contributed by atoms with E-state index in [1.54, 1.807) is 0 Å². The van der Waals surface area contributed by atoms with E-state index in [-0.39, 0.29) is 5.92 Å². The molecule has 0 N–H and O–H groups in total. The Hall–Kier alpha value is -1.63. The lowest BCUT2D eigenvalue weighted by molar-refractivity contribution is -0.119. The molecule has 1 aromatic carbocycles. The van der Waals surface area contributed by atoms with Crippen molar-refractivity contribution in [3.63, 3.8) is 0 Å². The zero-order valence-electron chi connectivity index (χ0n) is 12.6. The van der Waals surface area contributed by atoms with Crippen molar-refractivity contribution in [3.05, 3.63) is 53.1 Å². The van der Waals surface area contributed by atoms with E-state index in [1.807, 2.05) is 44.2 Å². The molecule has 1 heteroatoms. The standard InChI is InChI=1S/C19H24O/c1-15(2)18(14-13-16-9-5-3-6-10-16)19(20)17-11-7-4-8-12-17/h3,5-6,9-10,13-14,17H,4,7-8,11-12H2,1-2H3/b14-13+. The largest absolute Gasteiger partial charge is 0.294 e. The van der Waals surface area contributed by atoms with Crippen LogP contribution in [0.5, 0.6) is 0 Å². The van der Waals surface area contributed by atoms with E-state index in [2.05, 4.69) is 12.1 Å². The van der Waals surface area contributed by atoms with Crippen molar-refractivity contribution in [1.29, 1.82) is 0 Å². The zero-order valence-corrected chi connectivity index (χ0v) is 12.6. The Bertz CT molecular complexity index is 498. The van der Waals surface area contributed by atoms with Crippen LogP contribution in [-0.2, 0) is 4.79 Å². The molecule has 0 saturated heterocycles. The molecule has 2 rings (SSSR count). The van der Waals surface area contributed by atoms with E-state index in [0.29, 0.717) is 5.78 Å². The van der Waals surface area contributed by atoms with Crippen LogP contribution in [0.15, 0.2) is 47.6 Å². The monoisotopic (exact) mass is 268 g/mol. The van der Waals surface area contributed by atoms with Crippen molar-refractivity contribution in [3.8, 4) is 0 Å². The minimum Gasteiger partial charge on any atom is -0.294 e. The summed E-state index contributed by atoms with van der Waals surface area (Å²) in [6, 6.07) is 10.2. The number of ketones is 1. The van der Waals surface area contributed by atoms with Gasteiger partial charge in [0.25, 0.3) is 0 Å². The SMILES string of the molecule is CC(C)=C(/C=C/c1ccccc1)C(=O)C1CCCCC1. The Morgan fingerprint density at radius 2 is 1.70 bits per heavy atom. The number of Topliss-reactive ketones (excluding diaryl/α,β-unsaturated/α-hetero) is 1. The first kappa shape index (κ1) is 14.8. The lowest BCUT2D eigenvalue weighted by atomic mass is 9.82. The average molecular weight is 268 g/mol. The minimum atomic E-state index is 0.245. The second-order valence-electron chi connectivity index (χ2n) is 5.86. The summed E-state index contributed by atoms with van der Waals surface area (Å²) >= 11 is 0. The molecule has 0 bridgehead atoms. The zero-order chi connectivity index (χ0) is 14.4. The van der Waals surface area contributed by atoms with Gasteiger partial charge in [0, 0.05) is 11.5 Å². The van der Waals surface area contributed by atoms with Gasteiger partial charge in [0.2, 0.25) is 0 Å². The molecule has 1 aliphatic rings. The van der Waals surface area contributed by atoms with Gasteiger partial charge in [-0.3, -0.25) is 4.79 Å². The van der Waals surface area contributed by atoms with Crippen molar-refractivity contribution in [2.24, 2.45) is 5.92 Å². The van der Waals surface area contributed by atoms with Crippen molar-refractivity contribution in [2.45, 2.75) is 46.0 Å². The van der Waals surface area contributed by atoms with Crippen LogP contribution in [0.2, 0.25) is 0 Å². The average Bonchev–Trinajstić information content (AvgIpc) is 2.49. The van der Waals surface area contributed by atoms with E-state index in [0.717, 1.165) is 29.6 Å². The molecule has 0 atom stereocenters. The van der Waals surface area contributed by atoms with Crippen LogP contribution in [-0.4, -0.2) is 5.78 Å². The van der Waals surface area contributed by atoms with Crippen LogP contribution in [0.1, 0.15) is 51.5 Å². The fourth-order valence-corrected chi connectivity index (χ4v) is 2.82. The third kappa shape index (κ3) is 3.93.